The number of aromatic amines is 1. The van der Waals surface area contributed by atoms with Gasteiger partial charge in [-0.25, -0.2) is 4.98 Å². The average Bonchev–Trinajstić information content (AvgIpc) is 3.86. The maximum atomic E-state index is 12.2. The van der Waals surface area contributed by atoms with Gasteiger partial charge in [-0.15, -0.1) is 0 Å². The Balaban J connectivity index is 0.881. The molecule has 5 heterocycles. The van der Waals surface area contributed by atoms with Gasteiger partial charge in [-0.3, -0.25) is 29.7 Å². The summed E-state index contributed by atoms with van der Waals surface area (Å²) in [5.74, 6) is -1.37. The van der Waals surface area contributed by atoms with Crippen molar-refractivity contribution in [2.24, 2.45) is 5.73 Å². The quantitative estimate of drug-likeness (QED) is 0.161. The molecular formula is C41H41N9O4. The summed E-state index contributed by atoms with van der Waals surface area (Å²) in [7, 11) is 0. The van der Waals surface area contributed by atoms with Crippen molar-refractivity contribution in [3.63, 3.8) is 0 Å². The van der Waals surface area contributed by atoms with Crippen molar-refractivity contribution >= 4 is 34.4 Å². The number of aromatic nitrogens is 5. The molecule has 2 aliphatic heterocycles. The number of piperazine rings is 1. The van der Waals surface area contributed by atoms with E-state index in [9.17, 15) is 14.4 Å². The number of imide groups is 1. The summed E-state index contributed by atoms with van der Waals surface area (Å²) in [6, 6.07) is 25.3. The van der Waals surface area contributed by atoms with Gasteiger partial charge in [0.15, 0.2) is 5.65 Å². The number of pyridine rings is 1. The Hall–Kier alpha value is -6.21. The molecule has 0 radical (unpaired) electrons. The molecule has 0 bridgehead atoms. The van der Waals surface area contributed by atoms with Gasteiger partial charge in [0.2, 0.25) is 17.7 Å². The molecule has 0 spiro atoms. The zero-order valence-electron chi connectivity index (χ0n) is 30.2. The van der Waals surface area contributed by atoms with E-state index in [1.54, 1.807) is 0 Å². The van der Waals surface area contributed by atoms with Crippen molar-refractivity contribution in [3.8, 4) is 22.4 Å². The van der Waals surface area contributed by atoms with E-state index >= 15 is 0 Å². The second kappa shape index (κ2) is 14.7. The van der Waals surface area contributed by atoms with Crippen LogP contribution in [0.2, 0.25) is 0 Å². The van der Waals surface area contributed by atoms with Crippen LogP contribution >= 0.6 is 0 Å². The molecule has 2 aliphatic rings. The van der Waals surface area contributed by atoms with Gasteiger partial charge in [-0.05, 0) is 78.8 Å². The third kappa shape index (κ3) is 7.09. The van der Waals surface area contributed by atoms with Gasteiger partial charge in [0, 0.05) is 67.5 Å². The predicted molar refractivity (Wildman–Crippen MR) is 204 cm³/mol. The number of H-pyrrole nitrogens is 1. The summed E-state index contributed by atoms with van der Waals surface area (Å²) in [4.78, 5) is 48.9. The number of nitrogens with one attached hydrogen (secondary N) is 2. The molecule has 0 unspecified atom stereocenters. The third-order valence-corrected chi connectivity index (χ3v) is 10.7. The number of rotatable bonds is 10. The Morgan fingerprint density at radius 2 is 1.72 bits per heavy atom. The van der Waals surface area contributed by atoms with Crippen LogP contribution in [0.4, 0.5) is 5.69 Å². The van der Waals surface area contributed by atoms with E-state index in [1.807, 2.05) is 44.3 Å². The van der Waals surface area contributed by atoms with E-state index in [4.69, 9.17) is 10.3 Å². The number of hydrogen-bond acceptors (Lipinski definition) is 10. The lowest BCUT2D eigenvalue weighted by Gasteiger charge is -2.36. The van der Waals surface area contributed by atoms with Gasteiger partial charge in [-0.1, -0.05) is 53.7 Å². The number of nitrogens with zero attached hydrogens (tertiary/aromatic N) is 6. The van der Waals surface area contributed by atoms with Gasteiger partial charge in [0.05, 0.1) is 17.5 Å². The van der Waals surface area contributed by atoms with Crippen molar-refractivity contribution in [2.75, 3.05) is 37.6 Å². The second-order valence-electron chi connectivity index (χ2n) is 14.2. The zero-order valence-corrected chi connectivity index (χ0v) is 30.2. The number of carbonyl (C=O) groups is 3. The molecule has 274 valence electrons. The standard InChI is InChI=1S/C41H41N9O4/c1-24-21-29(9-12-32(24)25(2)41-45-39(37(42)52)48-54-41)36-34-22-30(23-43-38(34)47-46-36)27-7-10-31(11-8-27)50-19-17-49(18-20-50)16-15-26-3-5-28(6-4-26)33-13-14-35(51)44-40(33)53/h3-12,21-23,25,33H,13-20H2,1-2H3,(H2,42,52)(H,43,46,47)(H,44,51,53)/t25-,33-/m1/s1. The first-order valence-electron chi connectivity index (χ1n) is 18.3. The highest BCUT2D eigenvalue weighted by Crippen LogP contribution is 2.34. The van der Waals surface area contributed by atoms with Crippen molar-refractivity contribution < 1.29 is 18.9 Å². The van der Waals surface area contributed by atoms with Crippen LogP contribution in [-0.2, 0) is 16.0 Å². The summed E-state index contributed by atoms with van der Waals surface area (Å²) in [5.41, 5.74) is 15.3. The Labute approximate surface area is 311 Å². The lowest BCUT2D eigenvalue weighted by Crippen LogP contribution is -2.47. The SMILES string of the molecule is Cc1cc(-c2[nH]nc3ncc(-c4ccc(N5CCN(CCc6ccc([C@H]7CCC(=O)NC7=O)cc6)CC5)cc4)cc23)ccc1[C@@H](C)c1nc(C(N)=O)no1. The molecule has 0 saturated carbocycles. The molecule has 2 fully saturated rings. The summed E-state index contributed by atoms with van der Waals surface area (Å²) in [6.45, 7) is 8.86. The monoisotopic (exact) mass is 723 g/mol. The topological polar surface area (TPSA) is 176 Å². The molecule has 2 atom stereocenters. The molecule has 4 N–H and O–H groups in total. The number of nitrogens with two attached hydrogens (primary N) is 1. The predicted octanol–water partition coefficient (Wildman–Crippen LogP) is 5.12. The zero-order chi connectivity index (χ0) is 37.3. The molecule has 3 aromatic carbocycles. The van der Waals surface area contributed by atoms with Crippen molar-refractivity contribution in [1.29, 1.82) is 0 Å². The summed E-state index contributed by atoms with van der Waals surface area (Å²) < 4.78 is 5.30. The van der Waals surface area contributed by atoms with E-state index < -0.39 is 5.91 Å². The first kappa shape index (κ1) is 34.9. The van der Waals surface area contributed by atoms with Gasteiger partial charge >= 0.3 is 0 Å². The maximum Gasteiger partial charge on any atom is 0.290 e. The molecule has 0 aliphatic carbocycles. The number of piperidine rings is 1. The molecule has 8 rings (SSSR count). The van der Waals surface area contributed by atoms with Gasteiger partial charge in [-0.2, -0.15) is 10.1 Å². The van der Waals surface area contributed by atoms with E-state index in [2.05, 4.69) is 89.0 Å². The number of anilines is 1. The Morgan fingerprint density at radius 3 is 2.43 bits per heavy atom. The highest BCUT2D eigenvalue weighted by atomic mass is 16.5. The Bertz CT molecular complexity index is 2340. The van der Waals surface area contributed by atoms with Crippen molar-refractivity contribution in [2.45, 2.75) is 44.9 Å². The van der Waals surface area contributed by atoms with E-state index in [0.717, 1.165) is 83.6 Å². The maximum absolute atomic E-state index is 12.2. The third-order valence-electron chi connectivity index (χ3n) is 10.7. The lowest BCUT2D eigenvalue weighted by molar-refractivity contribution is -0.134. The second-order valence-corrected chi connectivity index (χ2v) is 14.2. The minimum atomic E-state index is -0.726. The van der Waals surface area contributed by atoms with Gasteiger partial charge in [0.1, 0.15) is 0 Å². The fourth-order valence-corrected chi connectivity index (χ4v) is 7.55. The number of aryl methyl sites for hydroxylation is 1. The fraction of sp³-hybridized carbons (Fsp3) is 0.293. The van der Waals surface area contributed by atoms with Gasteiger partial charge in [0.25, 0.3) is 11.7 Å². The number of amides is 3. The van der Waals surface area contributed by atoms with Crippen LogP contribution in [0.3, 0.4) is 0 Å². The number of fused-ring (bicyclic) bond motifs is 1. The largest absolute Gasteiger partial charge is 0.369 e. The van der Waals surface area contributed by atoms with Gasteiger partial charge < -0.3 is 15.2 Å². The van der Waals surface area contributed by atoms with Crippen LogP contribution in [0.25, 0.3) is 33.4 Å². The Morgan fingerprint density at radius 1 is 0.963 bits per heavy atom. The Kier molecular flexibility index (Phi) is 9.47. The molecule has 13 nitrogen and oxygen atoms in total. The van der Waals surface area contributed by atoms with Crippen molar-refractivity contribution in [1.82, 2.24) is 35.5 Å². The first-order valence-corrected chi connectivity index (χ1v) is 18.3. The van der Waals surface area contributed by atoms with Crippen molar-refractivity contribution in [3.05, 3.63) is 113 Å². The summed E-state index contributed by atoms with van der Waals surface area (Å²) >= 11 is 0. The minimum absolute atomic E-state index is 0.131. The molecule has 2 saturated heterocycles. The number of carbonyl (C=O) groups excluding carboxylic acids is 3. The van der Waals surface area contributed by atoms with Crippen LogP contribution in [0.1, 0.15) is 70.4 Å². The molecule has 54 heavy (non-hydrogen) atoms. The van der Waals surface area contributed by atoms with Crippen LogP contribution < -0.4 is 16.0 Å². The molecule has 3 aromatic heterocycles. The highest BCUT2D eigenvalue weighted by molar-refractivity contribution is 6.01. The average molecular weight is 724 g/mol. The smallest absolute Gasteiger partial charge is 0.290 e. The molecular weight excluding hydrogens is 683 g/mol. The molecule has 6 aromatic rings. The number of benzene rings is 3. The first-order chi connectivity index (χ1) is 26.2. The summed E-state index contributed by atoms with van der Waals surface area (Å²) in [5, 5.41) is 14.7. The fourth-order valence-electron chi connectivity index (χ4n) is 7.55. The minimum Gasteiger partial charge on any atom is -0.369 e. The van der Waals surface area contributed by atoms with Crippen LogP contribution in [0.15, 0.2) is 83.5 Å². The molecule has 13 heteroatoms. The van der Waals surface area contributed by atoms with E-state index in [0.29, 0.717) is 24.4 Å². The van der Waals surface area contributed by atoms with E-state index in [-0.39, 0.29) is 29.5 Å². The van der Waals surface area contributed by atoms with Crippen LogP contribution in [0.5, 0.6) is 0 Å². The molecule has 3 amide bonds. The normalized spacial score (nSPS) is 17.1. The van der Waals surface area contributed by atoms with Crippen LogP contribution in [0, 0.1) is 6.92 Å². The van der Waals surface area contributed by atoms with E-state index in [1.165, 1.54) is 11.3 Å². The lowest BCUT2D eigenvalue weighted by atomic mass is 9.90. The highest BCUT2D eigenvalue weighted by Gasteiger charge is 2.28. The summed E-state index contributed by atoms with van der Waals surface area (Å²) in [6.07, 6.45) is 3.78. The number of hydrogen-bond donors (Lipinski definition) is 3. The van der Waals surface area contributed by atoms with Crippen LogP contribution in [-0.4, -0.2) is 80.7 Å². The number of primary amides is 1.